The monoisotopic (exact) mass is 297 g/mol. The van der Waals surface area contributed by atoms with Gasteiger partial charge in [-0.3, -0.25) is 0 Å². The highest BCUT2D eigenvalue weighted by molar-refractivity contribution is 5.62. The molecule has 4 heteroatoms. The summed E-state index contributed by atoms with van der Waals surface area (Å²) in [6, 6.07) is 13.5. The molecule has 0 amide bonds. The summed E-state index contributed by atoms with van der Waals surface area (Å²) in [7, 11) is 0. The minimum Gasteiger partial charge on any atom is -0.508 e. The number of anilines is 1. The van der Waals surface area contributed by atoms with E-state index >= 15 is 0 Å². The first-order valence-electron chi connectivity index (χ1n) is 7.62. The van der Waals surface area contributed by atoms with Crippen LogP contribution in [0.5, 0.6) is 5.75 Å². The molecule has 0 aromatic heterocycles. The summed E-state index contributed by atoms with van der Waals surface area (Å²) < 4.78 is 12.0. The van der Waals surface area contributed by atoms with E-state index in [0.29, 0.717) is 13.2 Å². The number of para-hydroxylation sites is 1. The van der Waals surface area contributed by atoms with E-state index < -0.39 is 0 Å². The molecule has 0 aliphatic carbocycles. The Morgan fingerprint density at radius 2 is 1.91 bits per heavy atom. The van der Waals surface area contributed by atoms with E-state index in [9.17, 15) is 5.11 Å². The van der Waals surface area contributed by atoms with Gasteiger partial charge in [0.15, 0.2) is 0 Å². The van der Waals surface area contributed by atoms with E-state index in [1.807, 2.05) is 12.1 Å². The summed E-state index contributed by atoms with van der Waals surface area (Å²) in [4.78, 5) is 0. The minimum absolute atomic E-state index is 0.0361. The molecule has 2 N–H and O–H groups in total. The van der Waals surface area contributed by atoms with Crippen LogP contribution in [0.3, 0.4) is 0 Å². The smallest absolute Gasteiger partial charge is 0.115 e. The van der Waals surface area contributed by atoms with Gasteiger partial charge in [0.1, 0.15) is 18.0 Å². The van der Waals surface area contributed by atoms with Crippen molar-refractivity contribution >= 4 is 5.69 Å². The van der Waals surface area contributed by atoms with Gasteiger partial charge in [0.05, 0.1) is 19.3 Å². The number of phenolic OH excluding ortho intramolecular Hbond substituents is 1. The van der Waals surface area contributed by atoms with Gasteiger partial charge in [-0.25, -0.2) is 0 Å². The maximum Gasteiger partial charge on any atom is 0.115 e. The van der Waals surface area contributed by atoms with Crippen molar-refractivity contribution in [2.24, 2.45) is 0 Å². The molecule has 0 bridgehead atoms. The Morgan fingerprint density at radius 1 is 1.09 bits per heavy atom. The van der Waals surface area contributed by atoms with Crippen molar-refractivity contribution in [3.05, 3.63) is 59.2 Å². The zero-order chi connectivity index (χ0) is 15.1. The number of phenols is 1. The van der Waals surface area contributed by atoms with Gasteiger partial charge in [-0.2, -0.15) is 0 Å². The first-order chi connectivity index (χ1) is 10.7. The molecule has 114 valence electrons. The van der Waals surface area contributed by atoms with Crippen molar-refractivity contribution in [1.82, 2.24) is 0 Å². The number of rotatable bonds is 1. The topological polar surface area (TPSA) is 50.7 Å². The van der Waals surface area contributed by atoms with Gasteiger partial charge in [0.2, 0.25) is 0 Å². The highest BCUT2D eigenvalue weighted by Gasteiger charge is 2.41. The lowest BCUT2D eigenvalue weighted by Gasteiger charge is -2.43. The minimum atomic E-state index is -0.0927. The van der Waals surface area contributed by atoms with Crippen LogP contribution in [-0.4, -0.2) is 24.4 Å². The van der Waals surface area contributed by atoms with Crippen LogP contribution < -0.4 is 5.32 Å². The first-order valence-corrected chi connectivity index (χ1v) is 7.62. The Kier molecular flexibility index (Phi) is 3.28. The molecular formula is C18H19NO3. The summed E-state index contributed by atoms with van der Waals surface area (Å²) in [5.74, 6) is 0.267. The third-order valence-corrected chi connectivity index (χ3v) is 4.46. The largest absolute Gasteiger partial charge is 0.508 e. The highest BCUT2D eigenvalue weighted by atomic mass is 16.6. The molecule has 0 radical (unpaired) electrons. The van der Waals surface area contributed by atoms with Gasteiger partial charge in [0, 0.05) is 11.3 Å². The van der Waals surface area contributed by atoms with Crippen molar-refractivity contribution in [3.8, 4) is 5.75 Å². The average Bonchev–Trinajstić information content (AvgIpc) is 2.54. The molecule has 2 aliphatic rings. The Labute approximate surface area is 129 Å². The van der Waals surface area contributed by atoms with Crippen LogP contribution in [-0.2, 0) is 9.47 Å². The SMILES string of the molecule is Cc1cccc2c1N[C@@H](c1cccc(O)c1)[C@@H]1OCCO[C@H]21. The Morgan fingerprint density at radius 3 is 2.77 bits per heavy atom. The molecule has 0 spiro atoms. The number of hydrogen-bond acceptors (Lipinski definition) is 4. The van der Waals surface area contributed by atoms with Crippen LogP contribution >= 0.6 is 0 Å². The molecule has 2 heterocycles. The predicted octanol–water partition coefficient (Wildman–Crippen LogP) is 3.32. The van der Waals surface area contributed by atoms with Crippen LogP contribution in [0.1, 0.15) is 28.8 Å². The number of ether oxygens (including phenoxy) is 2. The Hall–Kier alpha value is -2.04. The van der Waals surface area contributed by atoms with Crippen LogP contribution in [0.25, 0.3) is 0 Å². The van der Waals surface area contributed by atoms with Crippen LogP contribution in [0, 0.1) is 6.92 Å². The van der Waals surface area contributed by atoms with Crippen molar-refractivity contribution in [2.45, 2.75) is 25.2 Å². The zero-order valence-corrected chi connectivity index (χ0v) is 12.5. The average molecular weight is 297 g/mol. The maximum absolute atomic E-state index is 9.79. The van der Waals surface area contributed by atoms with Gasteiger partial charge < -0.3 is 19.9 Å². The lowest BCUT2D eigenvalue weighted by molar-refractivity contribution is -0.151. The Bertz CT molecular complexity index is 700. The highest BCUT2D eigenvalue weighted by Crippen LogP contribution is 2.45. The molecule has 3 atom stereocenters. The maximum atomic E-state index is 9.79. The number of aromatic hydroxyl groups is 1. The lowest BCUT2D eigenvalue weighted by atomic mass is 9.86. The fourth-order valence-electron chi connectivity index (χ4n) is 3.43. The first kappa shape index (κ1) is 13.6. The number of fused-ring (bicyclic) bond motifs is 3. The molecule has 0 unspecified atom stereocenters. The normalized spacial score (nSPS) is 26.7. The second-order valence-corrected chi connectivity index (χ2v) is 5.88. The quantitative estimate of drug-likeness (QED) is 0.848. The second-order valence-electron chi connectivity index (χ2n) is 5.88. The van der Waals surface area contributed by atoms with E-state index in [4.69, 9.17) is 9.47 Å². The Balaban J connectivity index is 1.81. The van der Waals surface area contributed by atoms with E-state index in [2.05, 4.69) is 30.4 Å². The van der Waals surface area contributed by atoms with Crippen molar-refractivity contribution < 1.29 is 14.6 Å². The van der Waals surface area contributed by atoms with Gasteiger partial charge >= 0.3 is 0 Å². The molecule has 1 saturated heterocycles. The zero-order valence-electron chi connectivity index (χ0n) is 12.5. The molecular weight excluding hydrogens is 278 g/mol. The number of nitrogens with one attached hydrogen (secondary N) is 1. The molecule has 4 nitrogen and oxygen atoms in total. The summed E-state index contributed by atoms with van der Waals surface area (Å²) in [6.45, 7) is 3.30. The third-order valence-electron chi connectivity index (χ3n) is 4.46. The van der Waals surface area contributed by atoms with Crippen molar-refractivity contribution in [2.75, 3.05) is 18.5 Å². The molecule has 4 rings (SSSR count). The fourth-order valence-corrected chi connectivity index (χ4v) is 3.43. The van der Waals surface area contributed by atoms with E-state index in [-0.39, 0.29) is 24.0 Å². The lowest BCUT2D eigenvalue weighted by Crippen LogP contribution is -2.43. The molecule has 22 heavy (non-hydrogen) atoms. The summed E-state index contributed by atoms with van der Waals surface area (Å²) in [6.07, 6.45) is -0.165. The standard InChI is InChI=1S/C18H19NO3/c1-11-4-2-7-14-15(11)19-16(12-5-3-6-13(20)10-12)18-17(14)21-8-9-22-18/h2-7,10,16-20H,8-9H2,1H3/t16-,17+,18-/m0/s1. The molecule has 1 fully saturated rings. The summed E-state index contributed by atoms with van der Waals surface area (Å²) >= 11 is 0. The summed E-state index contributed by atoms with van der Waals surface area (Å²) in [5.41, 5.74) is 4.47. The van der Waals surface area contributed by atoms with E-state index in [1.54, 1.807) is 12.1 Å². The molecule has 2 aromatic carbocycles. The molecule has 2 aliphatic heterocycles. The number of benzene rings is 2. The third kappa shape index (κ3) is 2.16. The van der Waals surface area contributed by atoms with Gasteiger partial charge in [-0.15, -0.1) is 0 Å². The van der Waals surface area contributed by atoms with Crippen molar-refractivity contribution in [3.63, 3.8) is 0 Å². The molecule has 0 saturated carbocycles. The van der Waals surface area contributed by atoms with E-state index in [0.717, 1.165) is 16.8 Å². The number of aryl methyl sites for hydroxylation is 1. The van der Waals surface area contributed by atoms with Crippen LogP contribution in [0.15, 0.2) is 42.5 Å². The second kappa shape index (κ2) is 5.30. The van der Waals surface area contributed by atoms with Crippen molar-refractivity contribution in [1.29, 1.82) is 0 Å². The van der Waals surface area contributed by atoms with Gasteiger partial charge in [-0.1, -0.05) is 30.3 Å². The van der Waals surface area contributed by atoms with Gasteiger partial charge in [0.25, 0.3) is 0 Å². The van der Waals surface area contributed by atoms with Gasteiger partial charge in [-0.05, 0) is 30.2 Å². The van der Waals surface area contributed by atoms with Crippen LogP contribution in [0.2, 0.25) is 0 Å². The molecule has 2 aromatic rings. The van der Waals surface area contributed by atoms with Crippen LogP contribution in [0.4, 0.5) is 5.69 Å². The predicted molar refractivity (Wildman–Crippen MR) is 84.1 cm³/mol. The number of hydrogen-bond donors (Lipinski definition) is 2. The van der Waals surface area contributed by atoms with E-state index in [1.165, 1.54) is 5.56 Å². The summed E-state index contributed by atoms with van der Waals surface area (Å²) in [5, 5.41) is 13.4. The fraction of sp³-hybridized carbons (Fsp3) is 0.333.